The maximum atomic E-state index is 5.69. The van der Waals surface area contributed by atoms with Crippen molar-refractivity contribution in [1.29, 1.82) is 0 Å². The summed E-state index contributed by atoms with van der Waals surface area (Å²) in [5.74, 6) is 0.877. The van der Waals surface area contributed by atoms with Gasteiger partial charge in [-0.2, -0.15) is 0 Å². The van der Waals surface area contributed by atoms with E-state index in [1.165, 1.54) is 5.56 Å². The van der Waals surface area contributed by atoms with Crippen molar-refractivity contribution in [2.75, 3.05) is 0 Å². The van der Waals surface area contributed by atoms with E-state index in [1.54, 1.807) is 0 Å². The molecular weight excluding hydrogens is 302 g/mol. The summed E-state index contributed by atoms with van der Waals surface area (Å²) in [6.45, 7) is 7.08. The molecule has 0 saturated heterocycles. The van der Waals surface area contributed by atoms with Crippen LogP contribution in [0.2, 0.25) is 0 Å². The third-order valence-electron chi connectivity index (χ3n) is 3.32. The Labute approximate surface area is 123 Å². The van der Waals surface area contributed by atoms with Gasteiger partial charge < -0.3 is 10.3 Å². The highest BCUT2D eigenvalue weighted by molar-refractivity contribution is 9.10. The van der Waals surface area contributed by atoms with Crippen LogP contribution in [0.3, 0.4) is 0 Å². The monoisotopic (exact) mass is 321 g/mol. The van der Waals surface area contributed by atoms with Crippen LogP contribution in [-0.2, 0) is 19.0 Å². The Balaban J connectivity index is 2.43. The molecule has 0 aliphatic carbocycles. The van der Waals surface area contributed by atoms with Gasteiger partial charge in [-0.25, -0.2) is 4.98 Å². The number of hydrogen-bond acceptors (Lipinski definition) is 2. The highest BCUT2D eigenvalue weighted by Crippen LogP contribution is 2.30. The Morgan fingerprint density at radius 1 is 1.21 bits per heavy atom. The van der Waals surface area contributed by atoms with Crippen molar-refractivity contribution in [2.24, 2.45) is 12.8 Å². The van der Waals surface area contributed by atoms with Crippen molar-refractivity contribution in [3.63, 3.8) is 0 Å². The molecule has 1 aromatic carbocycles. The summed E-state index contributed by atoms with van der Waals surface area (Å²) in [5, 5.41) is 0. The Kier molecular flexibility index (Phi) is 3.83. The second kappa shape index (κ2) is 5.10. The van der Waals surface area contributed by atoms with Crippen molar-refractivity contribution in [1.82, 2.24) is 9.55 Å². The second-order valence-corrected chi connectivity index (χ2v) is 6.51. The summed E-state index contributed by atoms with van der Waals surface area (Å²) in [5.41, 5.74) is 9.23. The summed E-state index contributed by atoms with van der Waals surface area (Å²) in [6.07, 6.45) is 0. The molecule has 0 amide bonds. The molecule has 1 heterocycles. The molecule has 0 aliphatic heterocycles. The third-order valence-corrected chi connectivity index (χ3v) is 4.23. The first-order chi connectivity index (χ1) is 8.84. The van der Waals surface area contributed by atoms with E-state index >= 15 is 0 Å². The Bertz CT molecular complexity index is 577. The molecular formula is C15H20BrN3. The lowest BCUT2D eigenvalue weighted by atomic mass is 9.86. The van der Waals surface area contributed by atoms with E-state index in [0.717, 1.165) is 21.7 Å². The molecule has 0 unspecified atom stereocenters. The lowest BCUT2D eigenvalue weighted by Gasteiger charge is -2.18. The van der Waals surface area contributed by atoms with Gasteiger partial charge in [0.05, 0.1) is 6.54 Å². The van der Waals surface area contributed by atoms with Gasteiger partial charge in [0, 0.05) is 12.6 Å². The van der Waals surface area contributed by atoms with Gasteiger partial charge in [-0.05, 0) is 26.9 Å². The number of imidazole rings is 1. The number of rotatable bonds is 2. The van der Waals surface area contributed by atoms with Gasteiger partial charge in [-0.3, -0.25) is 0 Å². The molecule has 0 spiro atoms. The van der Waals surface area contributed by atoms with Crippen LogP contribution < -0.4 is 5.73 Å². The average molecular weight is 322 g/mol. The molecule has 0 atom stereocenters. The SMILES string of the molecule is Cn1c(CN)nc(-c2ccc(C(C)(C)C)cc2)c1Br. The largest absolute Gasteiger partial charge is 0.324 e. The van der Waals surface area contributed by atoms with E-state index in [-0.39, 0.29) is 5.41 Å². The molecule has 102 valence electrons. The van der Waals surface area contributed by atoms with E-state index < -0.39 is 0 Å². The van der Waals surface area contributed by atoms with Crippen LogP contribution in [0.1, 0.15) is 32.2 Å². The molecule has 1 aromatic heterocycles. The predicted octanol–water partition coefficient (Wildman–Crippen LogP) is 3.61. The number of aromatic nitrogens is 2. The fourth-order valence-corrected chi connectivity index (χ4v) is 2.54. The highest BCUT2D eigenvalue weighted by atomic mass is 79.9. The zero-order valence-electron chi connectivity index (χ0n) is 11.9. The van der Waals surface area contributed by atoms with Gasteiger partial charge in [0.2, 0.25) is 0 Å². The zero-order chi connectivity index (χ0) is 14.2. The lowest BCUT2D eigenvalue weighted by Crippen LogP contribution is -2.10. The van der Waals surface area contributed by atoms with Crippen LogP contribution in [-0.4, -0.2) is 9.55 Å². The summed E-state index contributed by atoms with van der Waals surface area (Å²) in [6, 6.07) is 8.57. The molecule has 3 nitrogen and oxygen atoms in total. The molecule has 0 fully saturated rings. The molecule has 19 heavy (non-hydrogen) atoms. The Hall–Kier alpha value is -1.13. The summed E-state index contributed by atoms with van der Waals surface area (Å²) < 4.78 is 2.95. The van der Waals surface area contributed by atoms with E-state index in [9.17, 15) is 0 Å². The summed E-state index contributed by atoms with van der Waals surface area (Å²) in [4.78, 5) is 4.58. The van der Waals surface area contributed by atoms with Crippen LogP contribution >= 0.6 is 15.9 Å². The first-order valence-corrected chi connectivity index (χ1v) is 7.16. The lowest BCUT2D eigenvalue weighted by molar-refractivity contribution is 0.590. The fraction of sp³-hybridized carbons (Fsp3) is 0.400. The van der Waals surface area contributed by atoms with E-state index in [1.807, 2.05) is 11.6 Å². The Morgan fingerprint density at radius 3 is 2.21 bits per heavy atom. The minimum Gasteiger partial charge on any atom is -0.324 e. The normalized spacial score (nSPS) is 11.9. The molecule has 2 N–H and O–H groups in total. The predicted molar refractivity (Wildman–Crippen MR) is 82.9 cm³/mol. The zero-order valence-corrected chi connectivity index (χ0v) is 13.5. The molecule has 2 rings (SSSR count). The number of nitrogens with two attached hydrogens (primary N) is 1. The summed E-state index contributed by atoms with van der Waals surface area (Å²) >= 11 is 3.58. The molecule has 2 aromatic rings. The van der Waals surface area contributed by atoms with Crippen LogP contribution in [0.5, 0.6) is 0 Å². The van der Waals surface area contributed by atoms with Crippen molar-refractivity contribution >= 4 is 15.9 Å². The van der Waals surface area contributed by atoms with E-state index in [0.29, 0.717) is 6.54 Å². The van der Waals surface area contributed by atoms with Crippen molar-refractivity contribution in [2.45, 2.75) is 32.7 Å². The van der Waals surface area contributed by atoms with E-state index in [2.05, 4.69) is 66.0 Å². The maximum Gasteiger partial charge on any atom is 0.123 e. The Morgan fingerprint density at radius 2 is 1.79 bits per heavy atom. The average Bonchev–Trinajstić information content (AvgIpc) is 2.65. The first kappa shape index (κ1) is 14.3. The molecule has 4 heteroatoms. The molecule has 0 aliphatic rings. The van der Waals surface area contributed by atoms with E-state index in [4.69, 9.17) is 5.73 Å². The van der Waals surface area contributed by atoms with Gasteiger partial charge >= 0.3 is 0 Å². The standard InChI is InChI=1S/C15H20BrN3/c1-15(2,3)11-7-5-10(6-8-11)13-14(16)19(4)12(9-17)18-13/h5-8H,9,17H2,1-4H3. The first-order valence-electron chi connectivity index (χ1n) is 6.36. The third kappa shape index (κ3) is 2.74. The van der Waals surface area contributed by atoms with Crippen LogP contribution in [0.4, 0.5) is 0 Å². The van der Waals surface area contributed by atoms with Gasteiger partial charge in [0.1, 0.15) is 16.1 Å². The summed E-state index contributed by atoms with van der Waals surface area (Å²) in [7, 11) is 1.96. The molecule has 0 saturated carbocycles. The number of halogens is 1. The number of benzene rings is 1. The highest BCUT2D eigenvalue weighted by Gasteiger charge is 2.16. The van der Waals surface area contributed by atoms with Crippen molar-refractivity contribution in [3.8, 4) is 11.3 Å². The smallest absolute Gasteiger partial charge is 0.123 e. The van der Waals surface area contributed by atoms with Crippen molar-refractivity contribution < 1.29 is 0 Å². The number of hydrogen-bond donors (Lipinski definition) is 1. The number of nitrogens with zero attached hydrogens (tertiary/aromatic N) is 2. The van der Waals surface area contributed by atoms with Crippen LogP contribution in [0.15, 0.2) is 28.9 Å². The van der Waals surface area contributed by atoms with Gasteiger partial charge in [-0.15, -0.1) is 0 Å². The second-order valence-electron chi connectivity index (χ2n) is 5.76. The topological polar surface area (TPSA) is 43.8 Å². The maximum absolute atomic E-state index is 5.69. The minimum atomic E-state index is 0.169. The quantitative estimate of drug-likeness (QED) is 0.918. The minimum absolute atomic E-state index is 0.169. The fourth-order valence-electron chi connectivity index (χ4n) is 2.02. The molecule has 0 radical (unpaired) electrons. The van der Waals surface area contributed by atoms with Gasteiger partial charge in [-0.1, -0.05) is 45.0 Å². The van der Waals surface area contributed by atoms with Crippen LogP contribution in [0, 0.1) is 0 Å². The molecule has 0 bridgehead atoms. The van der Waals surface area contributed by atoms with Crippen molar-refractivity contribution in [3.05, 3.63) is 40.3 Å². The van der Waals surface area contributed by atoms with Gasteiger partial charge in [0.25, 0.3) is 0 Å². The van der Waals surface area contributed by atoms with Crippen LogP contribution in [0.25, 0.3) is 11.3 Å². The van der Waals surface area contributed by atoms with Gasteiger partial charge in [0.15, 0.2) is 0 Å².